The summed E-state index contributed by atoms with van der Waals surface area (Å²) in [5.41, 5.74) is 4.64. The lowest BCUT2D eigenvalue weighted by atomic mass is 10.2. The summed E-state index contributed by atoms with van der Waals surface area (Å²) in [6.45, 7) is 5.72. The van der Waals surface area contributed by atoms with Gasteiger partial charge >= 0.3 is 0 Å². The van der Waals surface area contributed by atoms with Crippen molar-refractivity contribution in [2.24, 2.45) is 0 Å². The Morgan fingerprint density at radius 2 is 1.76 bits per heavy atom. The summed E-state index contributed by atoms with van der Waals surface area (Å²) in [6.07, 6.45) is 0. The van der Waals surface area contributed by atoms with Crippen molar-refractivity contribution in [3.8, 4) is 5.69 Å². The molecule has 0 bridgehead atoms. The van der Waals surface area contributed by atoms with Gasteiger partial charge in [0.05, 0.1) is 11.4 Å². The molecule has 0 fully saturated rings. The zero-order valence-electron chi connectivity index (χ0n) is 18.1. The van der Waals surface area contributed by atoms with Crippen molar-refractivity contribution in [2.75, 3.05) is 5.32 Å². The van der Waals surface area contributed by atoms with Crippen molar-refractivity contribution in [3.05, 3.63) is 87.2 Å². The molecule has 1 amide bonds. The Balaban J connectivity index is 1.68. The Labute approximate surface area is 203 Å². The van der Waals surface area contributed by atoms with Crippen LogP contribution < -0.4 is 5.32 Å². The van der Waals surface area contributed by atoms with Gasteiger partial charge in [-0.1, -0.05) is 32.9 Å². The number of rotatable bonds is 6. The fraction of sp³-hybridized carbons (Fsp3) is 0.174. The van der Waals surface area contributed by atoms with Crippen LogP contribution in [0.4, 0.5) is 10.1 Å². The lowest BCUT2D eigenvalue weighted by Crippen LogP contribution is -2.16. The van der Waals surface area contributed by atoms with Gasteiger partial charge in [-0.3, -0.25) is 4.79 Å². The lowest BCUT2D eigenvalue weighted by molar-refractivity contribution is 0.102. The van der Waals surface area contributed by atoms with E-state index in [-0.39, 0.29) is 17.4 Å². The molecule has 0 aliphatic rings. The Morgan fingerprint density at radius 3 is 2.42 bits per heavy atom. The first-order chi connectivity index (χ1) is 15.8. The largest absolute Gasteiger partial charge is 0.320 e. The molecule has 0 saturated heterocycles. The first kappa shape index (κ1) is 23.1. The SMILES string of the molecule is Cc1cc(C)nc(SCc2c(C(=O)Nc3ccc(Br)cc3C)nnn2-c2ccc(F)cc2)n1. The maximum absolute atomic E-state index is 13.5. The van der Waals surface area contributed by atoms with Crippen LogP contribution in [0.15, 0.2) is 58.2 Å². The number of carbonyl (C=O) groups is 1. The normalized spacial score (nSPS) is 10.9. The molecule has 4 aromatic rings. The average molecular weight is 527 g/mol. The van der Waals surface area contributed by atoms with Crippen LogP contribution in [-0.2, 0) is 5.75 Å². The molecule has 0 saturated carbocycles. The summed E-state index contributed by atoms with van der Waals surface area (Å²) in [5.74, 6) is -0.400. The monoisotopic (exact) mass is 526 g/mol. The summed E-state index contributed by atoms with van der Waals surface area (Å²) >= 11 is 4.80. The number of amides is 1. The van der Waals surface area contributed by atoms with Gasteiger partial charge in [-0.05, 0) is 74.9 Å². The predicted molar refractivity (Wildman–Crippen MR) is 129 cm³/mol. The van der Waals surface area contributed by atoms with E-state index in [1.165, 1.54) is 23.9 Å². The second-order valence-electron chi connectivity index (χ2n) is 7.41. The molecular weight excluding hydrogens is 507 g/mol. The third-order valence-electron chi connectivity index (χ3n) is 4.79. The van der Waals surface area contributed by atoms with Crippen LogP contribution in [0, 0.1) is 26.6 Å². The first-order valence-corrected chi connectivity index (χ1v) is 11.8. The Morgan fingerprint density at radius 1 is 1.06 bits per heavy atom. The molecule has 10 heteroatoms. The van der Waals surface area contributed by atoms with Crippen LogP contribution in [0.5, 0.6) is 0 Å². The first-order valence-electron chi connectivity index (χ1n) is 10.0. The molecule has 2 heterocycles. The van der Waals surface area contributed by atoms with Gasteiger partial charge in [-0.25, -0.2) is 19.0 Å². The van der Waals surface area contributed by atoms with Crippen molar-refractivity contribution < 1.29 is 9.18 Å². The van der Waals surface area contributed by atoms with E-state index >= 15 is 0 Å². The minimum Gasteiger partial charge on any atom is -0.320 e. The van der Waals surface area contributed by atoms with Crippen molar-refractivity contribution >= 4 is 39.3 Å². The standard InChI is InChI=1S/C23H20BrFN6OS/c1-13-10-16(24)4-9-19(13)28-22(32)21-20(12-33-23-26-14(2)11-15(3)27-23)31(30-29-21)18-7-5-17(25)6-8-18/h4-11H,12H2,1-3H3,(H,28,32). The summed E-state index contributed by atoms with van der Waals surface area (Å²) in [5, 5.41) is 11.8. The maximum atomic E-state index is 13.5. The highest BCUT2D eigenvalue weighted by molar-refractivity contribution is 9.10. The minimum absolute atomic E-state index is 0.179. The molecule has 2 aromatic carbocycles. The van der Waals surface area contributed by atoms with Crippen LogP contribution in [0.1, 0.15) is 33.1 Å². The number of benzene rings is 2. The van der Waals surface area contributed by atoms with Gasteiger partial charge in [0, 0.05) is 27.3 Å². The molecule has 0 radical (unpaired) electrons. The highest BCUT2D eigenvalue weighted by atomic mass is 79.9. The maximum Gasteiger partial charge on any atom is 0.278 e. The summed E-state index contributed by atoms with van der Waals surface area (Å²) in [7, 11) is 0. The summed E-state index contributed by atoms with van der Waals surface area (Å²) in [6, 6.07) is 13.3. The molecule has 0 unspecified atom stereocenters. The van der Waals surface area contributed by atoms with E-state index in [4.69, 9.17) is 0 Å². The van der Waals surface area contributed by atoms with Crippen LogP contribution in [0.3, 0.4) is 0 Å². The minimum atomic E-state index is -0.384. The number of hydrogen-bond donors (Lipinski definition) is 1. The molecule has 0 aliphatic heterocycles. The van der Waals surface area contributed by atoms with Gasteiger partial charge in [0.1, 0.15) is 5.82 Å². The molecule has 7 nitrogen and oxygen atoms in total. The van der Waals surface area contributed by atoms with E-state index in [2.05, 4.69) is 41.5 Å². The molecule has 0 aliphatic carbocycles. The van der Waals surface area contributed by atoms with Gasteiger partial charge in [0.2, 0.25) is 0 Å². The smallest absolute Gasteiger partial charge is 0.278 e. The second-order valence-corrected chi connectivity index (χ2v) is 9.27. The highest BCUT2D eigenvalue weighted by Crippen LogP contribution is 2.25. The summed E-state index contributed by atoms with van der Waals surface area (Å²) < 4.78 is 15.9. The number of thioether (sulfide) groups is 1. The van der Waals surface area contributed by atoms with E-state index in [0.29, 0.717) is 28.0 Å². The zero-order valence-corrected chi connectivity index (χ0v) is 20.5. The number of carbonyl (C=O) groups excluding carboxylic acids is 1. The lowest BCUT2D eigenvalue weighted by Gasteiger charge is -2.10. The van der Waals surface area contributed by atoms with Crippen molar-refractivity contribution in [1.82, 2.24) is 25.0 Å². The molecule has 2 aromatic heterocycles. The number of aryl methyl sites for hydroxylation is 3. The fourth-order valence-corrected chi connectivity index (χ4v) is 4.65. The molecule has 0 atom stereocenters. The van der Waals surface area contributed by atoms with Gasteiger partial charge in [-0.2, -0.15) is 0 Å². The van der Waals surface area contributed by atoms with E-state index in [9.17, 15) is 9.18 Å². The topological polar surface area (TPSA) is 85.6 Å². The van der Waals surface area contributed by atoms with Gasteiger partial charge in [-0.15, -0.1) is 5.10 Å². The van der Waals surface area contributed by atoms with Crippen molar-refractivity contribution in [2.45, 2.75) is 31.7 Å². The molecule has 4 rings (SSSR count). The van der Waals surface area contributed by atoms with Crippen LogP contribution in [0.25, 0.3) is 5.69 Å². The quantitative estimate of drug-likeness (QED) is 0.266. The fourth-order valence-electron chi connectivity index (χ4n) is 3.24. The van der Waals surface area contributed by atoms with Crippen LogP contribution in [0.2, 0.25) is 0 Å². The number of hydrogen-bond acceptors (Lipinski definition) is 6. The molecule has 1 N–H and O–H groups in total. The number of nitrogens with one attached hydrogen (secondary N) is 1. The van der Waals surface area contributed by atoms with Crippen molar-refractivity contribution in [3.63, 3.8) is 0 Å². The van der Waals surface area contributed by atoms with Gasteiger partial charge in [0.15, 0.2) is 10.9 Å². The number of nitrogens with zero attached hydrogens (tertiary/aromatic N) is 5. The third kappa shape index (κ3) is 5.45. The molecule has 0 spiro atoms. The molecule has 33 heavy (non-hydrogen) atoms. The van der Waals surface area contributed by atoms with Crippen LogP contribution >= 0.6 is 27.7 Å². The average Bonchev–Trinajstić information content (AvgIpc) is 3.18. The predicted octanol–water partition coefficient (Wildman–Crippen LogP) is 5.43. The summed E-state index contributed by atoms with van der Waals surface area (Å²) in [4.78, 5) is 22.1. The van der Waals surface area contributed by atoms with Gasteiger partial charge in [0.25, 0.3) is 5.91 Å². The van der Waals surface area contributed by atoms with E-state index < -0.39 is 0 Å². The highest BCUT2D eigenvalue weighted by Gasteiger charge is 2.22. The number of halogens is 2. The van der Waals surface area contributed by atoms with Crippen LogP contribution in [-0.4, -0.2) is 30.9 Å². The molecule has 168 valence electrons. The van der Waals surface area contributed by atoms with Gasteiger partial charge < -0.3 is 5.32 Å². The number of aromatic nitrogens is 5. The Hall–Kier alpha value is -3.11. The van der Waals surface area contributed by atoms with E-state index in [1.807, 2.05) is 45.0 Å². The van der Waals surface area contributed by atoms with E-state index in [0.717, 1.165) is 21.4 Å². The molecular formula is C23H20BrFN6OS. The zero-order chi connectivity index (χ0) is 23.5. The Kier molecular flexibility index (Phi) is 6.85. The van der Waals surface area contributed by atoms with Crippen molar-refractivity contribution in [1.29, 1.82) is 0 Å². The Bertz CT molecular complexity index is 1310. The number of anilines is 1. The second kappa shape index (κ2) is 9.80. The third-order valence-corrected chi connectivity index (χ3v) is 6.14. The van der Waals surface area contributed by atoms with E-state index in [1.54, 1.807) is 16.8 Å².